The summed E-state index contributed by atoms with van der Waals surface area (Å²) in [4.78, 5) is 4.91. The minimum absolute atomic E-state index is 1.05. The van der Waals surface area contributed by atoms with Crippen molar-refractivity contribution in [1.82, 2.24) is 0 Å². The number of rotatable bonds is 7. The van der Waals surface area contributed by atoms with Crippen molar-refractivity contribution in [3.63, 3.8) is 0 Å². The zero-order chi connectivity index (χ0) is 31.4. The monoisotopic (exact) mass is 604 g/mol. The topological polar surface area (TPSA) is 6.48 Å². The summed E-state index contributed by atoms with van der Waals surface area (Å²) >= 11 is 0. The van der Waals surface area contributed by atoms with Crippen molar-refractivity contribution in [3.8, 4) is 11.1 Å². The standard InChI is InChI=1S/C45H36N2/c1-2-10-22-36(21-9-1)46(37-23-11-4-12-24-37)44-40-29-17-18-30-41(40)45(43-33-35(31-32-42(43)44)34-19-7-3-8-20-34)47(38-25-13-5-14-26-38)39-27-15-6-16-28-39/h3-9,11-33H,1-2,10H2. The first kappa shape index (κ1) is 28.6. The molecule has 1 aliphatic rings. The molecule has 0 bridgehead atoms. The van der Waals surface area contributed by atoms with Gasteiger partial charge >= 0.3 is 0 Å². The van der Waals surface area contributed by atoms with E-state index in [2.05, 4.69) is 192 Å². The molecule has 7 aromatic carbocycles. The highest BCUT2D eigenvalue weighted by molar-refractivity contribution is 6.23. The summed E-state index contributed by atoms with van der Waals surface area (Å²) in [7, 11) is 0. The van der Waals surface area contributed by atoms with Crippen LogP contribution in [0.4, 0.5) is 28.4 Å². The van der Waals surface area contributed by atoms with Gasteiger partial charge in [-0.1, -0.05) is 133 Å². The lowest BCUT2D eigenvalue weighted by Crippen LogP contribution is -2.17. The van der Waals surface area contributed by atoms with Crippen LogP contribution in [0.1, 0.15) is 19.3 Å². The second-order valence-electron chi connectivity index (χ2n) is 12.0. The Bertz CT molecular complexity index is 2160. The number of anilines is 5. The summed E-state index contributed by atoms with van der Waals surface area (Å²) in [5, 5.41) is 4.82. The molecule has 0 spiro atoms. The molecule has 2 nitrogen and oxygen atoms in total. The summed E-state index contributed by atoms with van der Waals surface area (Å²) in [5.74, 6) is 0. The van der Waals surface area contributed by atoms with Gasteiger partial charge in [0.15, 0.2) is 0 Å². The Morgan fingerprint density at radius 3 is 1.47 bits per heavy atom. The number of hydrogen-bond donors (Lipinski definition) is 0. The van der Waals surface area contributed by atoms with E-state index < -0.39 is 0 Å². The highest BCUT2D eigenvalue weighted by Gasteiger charge is 2.26. The first-order chi connectivity index (χ1) is 23.4. The predicted octanol–water partition coefficient (Wildman–Crippen LogP) is 12.9. The molecule has 0 aromatic heterocycles. The lowest BCUT2D eigenvalue weighted by molar-refractivity contribution is 0.873. The summed E-state index contributed by atoms with van der Waals surface area (Å²) < 4.78 is 0. The molecule has 1 aliphatic carbocycles. The Labute approximate surface area is 277 Å². The van der Waals surface area contributed by atoms with Crippen LogP contribution >= 0.6 is 0 Å². The fraction of sp³-hybridized carbons (Fsp3) is 0.0667. The van der Waals surface area contributed by atoms with E-state index >= 15 is 0 Å². The molecule has 0 heterocycles. The molecule has 0 unspecified atom stereocenters. The van der Waals surface area contributed by atoms with Gasteiger partial charge in [-0.2, -0.15) is 0 Å². The van der Waals surface area contributed by atoms with Gasteiger partial charge < -0.3 is 9.80 Å². The third kappa shape index (κ3) is 5.49. The molecule has 226 valence electrons. The average Bonchev–Trinajstić information content (AvgIpc) is 3.44. The van der Waals surface area contributed by atoms with Crippen molar-refractivity contribution in [3.05, 3.63) is 188 Å². The molecule has 0 fully saturated rings. The van der Waals surface area contributed by atoms with Crippen LogP contribution < -0.4 is 9.80 Å². The average molecular weight is 605 g/mol. The first-order valence-electron chi connectivity index (χ1n) is 16.5. The zero-order valence-corrected chi connectivity index (χ0v) is 26.3. The van der Waals surface area contributed by atoms with Gasteiger partial charge in [0.1, 0.15) is 0 Å². The maximum Gasteiger partial charge on any atom is 0.0620 e. The predicted molar refractivity (Wildman–Crippen MR) is 201 cm³/mol. The van der Waals surface area contributed by atoms with Gasteiger partial charge in [0.05, 0.1) is 11.4 Å². The molecule has 2 heteroatoms. The Balaban J connectivity index is 1.53. The maximum absolute atomic E-state index is 2.48. The van der Waals surface area contributed by atoms with Crippen molar-refractivity contribution >= 4 is 50.0 Å². The molecule has 0 saturated heterocycles. The molecular formula is C45H36N2. The van der Waals surface area contributed by atoms with Gasteiger partial charge in [0.2, 0.25) is 0 Å². The van der Waals surface area contributed by atoms with Crippen molar-refractivity contribution in [2.24, 2.45) is 0 Å². The minimum atomic E-state index is 1.05. The van der Waals surface area contributed by atoms with Crippen molar-refractivity contribution in [2.45, 2.75) is 19.3 Å². The molecule has 0 N–H and O–H groups in total. The van der Waals surface area contributed by atoms with E-state index in [1.165, 1.54) is 49.7 Å². The third-order valence-corrected chi connectivity index (χ3v) is 9.04. The lowest BCUT2D eigenvalue weighted by atomic mass is 9.92. The smallest absolute Gasteiger partial charge is 0.0620 e. The summed E-state index contributed by atoms with van der Waals surface area (Å²) in [6.45, 7) is 0. The largest absolute Gasteiger partial charge is 0.310 e. The van der Waals surface area contributed by atoms with Crippen LogP contribution in [-0.2, 0) is 0 Å². The Morgan fingerprint density at radius 1 is 0.383 bits per heavy atom. The number of hydrogen-bond acceptors (Lipinski definition) is 2. The van der Waals surface area contributed by atoms with Crippen molar-refractivity contribution in [2.75, 3.05) is 9.80 Å². The van der Waals surface area contributed by atoms with E-state index in [-0.39, 0.29) is 0 Å². The molecule has 8 rings (SSSR count). The van der Waals surface area contributed by atoms with Crippen LogP contribution in [0.3, 0.4) is 0 Å². The highest BCUT2D eigenvalue weighted by Crippen LogP contribution is 2.51. The van der Waals surface area contributed by atoms with E-state index in [0.29, 0.717) is 0 Å². The van der Waals surface area contributed by atoms with Gasteiger partial charge in [0, 0.05) is 44.3 Å². The number of nitrogens with zero attached hydrogens (tertiary/aromatic N) is 2. The van der Waals surface area contributed by atoms with E-state index in [1.807, 2.05) is 0 Å². The fourth-order valence-electron chi connectivity index (χ4n) is 6.89. The normalized spacial score (nSPS) is 12.9. The fourth-order valence-corrected chi connectivity index (χ4v) is 6.89. The number of benzene rings is 7. The van der Waals surface area contributed by atoms with Crippen LogP contribution in [0.5, 0.6) is 0 Å². The Hall–Kier alpha value is -5.86. The van der Waals surface area contributed by atoms with E-state index in [1.54, 1.807) is 0 Å². The van der Waals surface area contributed by atoms with Gasteiger partial charge in [-0.3, -0.25) is 0 Å². The SMILES string of the molecule is C1=CC(N(c2ccccc2)c2c3ccccc3c(N(c3ccccc3)c3ccccc3)c3cc(-c4ccccc4)ccc23)=CCCC1. The van der Waals surface area contributed by atoms with E-state index in [4.69, 9.17) is 0 Å². The van der Waals surface area contributed by atoms with Crippen LogP contribution in [0.2, 0.25) is 0 Å². The van der Waals surface area contributed by atoms with Gasteiger partial charge in [0.25, 0.3) is 0 Å². The Morgan fingerprint density at radius 2 is 0.872 bits per heavy atom. The van der Waals surface area contributed by atoms with Gasteiger partial charge in [-0.25, -0.2) is 0 Å². The van der Waals surface area contributed by atoms with Crippen LogP contribution in [0, 0.1) is 0 Å². The molecule has 0 amide bonds. The van der Waals surface area contributed by atoms with Crippen LogP contribution in [-0.4, -0.2) is 0 Å². The Kier molecular flexibility index (Phi) is 7.83. The second-order valence-corrected chi connectivity index (χ2v) is 12.0. The summed E-state index contributed by atoms with van der Waals surface area (Å²) in [6, 6.07) is 59.0. The molecule has 7 aromatic rings. The molecule has 0 radical (unpaired) electrons. The quantitative estimate of drug-likeness (QED) is 0.132. The summed E-state index contributed by atoms with van der Waals surface area (Å²) in [5.41, 5.74) is 9.38. The number of fused-ring (bicyclic) bond motifs is 2. The van der Waals surface area contributed by atoms with Crippen molar-refractivity contribution < 1.29 is 0 Å². The molecule has 0 saturated carbocycles. The minimum Gasteiger partial charge on any atom is -0.310 e. The molecule has 0 aliphatic heterocycles. The van der Waals surface area contributed by atoms with Gasteiger partial charge in [-0.05, 0) is 78.9 Å². The van der Waals surface area contributed by atoms with Crippen LogP contribution in [0.25, 0.3) is 32.7 Å². The number of para-hydroxylation sites is 3. The summed E-state index contributed by atoms with van der Waals surface area (Å²) in [6.07, 6.45) is 10.3. The second kappa shape index (κ2) is 12.9. The number of allylic oxidation sites excluding steroid dienone is 3. The zero-order valence-electron chi connectivity index (χ0n) is 26.3. The molecular weight excluding hydrogens is 569 g/mol. The third-order valence-electron chi connectivity index (χ3n) is 9.04. The van der Waals surface area contributed by atoms with Gasteiger partial charge in [-0.15, -0.1) is 0 Å². The highest BCUT2D eigenvalue weighted by atomic mass is 15.2. The molecule has 47 heavy (non-hydrogen) atoms. The first-order valence-corrected chi connectivity index (χ1v) is 16.5. The maximum atomic E-state index is 2.48. The van der Waals surface area contributed by atoms with Crippen LogP contribution in [0.15, 0.2) is 188 Å². The van der Waals surface area contributed by atoms with E-state index in [0.717, 1.165) is 36.3 Å². The molecule has 0 atom stereocenters. The van der Waals surface area contributed by atoms with Crippen molar-refractivity contribution in [1.29, 1.82) is 0 Å². The van der Waals surface area contributed by atoms with E-state index in [9.17, 15) is 0 Å². The lowest BCUT2D eigenvalue weighted by Gasteiger charge is -2.33.